The van der Waals surface area contributed by atoms with E-state index < -0.39 is 0 Å². The maximum absolute atomic E-state index is 14.0. The lowest BCUT2D eigenvalue weighted by molar-refractivity contribution is -0.116. The molecule has 3 atom stereocenters. The topological polar surface area (TPSA) is 23.6 Å². The maximum atomic E-state index is 14.0. The summed E-state index contributed by atoms with van der Waals surface area (Å²) in [4.78, 5) is 16.7. The van der Waals surface area contributed by atoms with E-state index in [0.29, 0.717) is 0 Å². The van der Waals surface area contributed by atoms with Gasteiger partial charge in [0.2, 0.25) is 5.91 Å². The Morgan fingerprint density at radius 3 is 2.79 bits per heavy atom. The fraction of sp³-hybridized carbons (Fsp3) is 0.708. The largest absolute Gasteiger partial charge is 0.311 e. The minimum Gasteiger partial charge on any atom is -0.311 e. The molecule has 1 spiro atoms. The molecule has 0 N–H and O–H groups in total. The standard InChI is InChI=1S/C24H33FN2O/c1-17(28)27-16-24(22-14-21(25)7-8-23(22)27)9-11-26(12-10-24)15-20-13-18-3-2-4-19(20)6-5-18/h7-8,14,18-20H,2-6,9-13,15-16H2,1H3. The van der Waals surface area contributed by atoms with Gasteiger partial charge in [-0.25, -0.2) is 4.39 Å². The predicted octanol–water partition coefficient (Wildman–Crippen LogP) is 4.74. The Balaban J connectivity index is 1.29. The van der Waals surface area contributed by atoms with Gasteiger partial charge in [0.05, 0.1) is 0 Å². The zero-order valence-corrected chi connectivity index (χ0v) is 17.1. The third-order valence-corrected chi connectivity index (χ3v) is 8.40. The van der Waals surface area contributed by atoms with Gasteiger partial charge in [0.15, 0.2) is 0 Å². The number of carbonyl (C=O) groups excluding carboxylic acids is 1. The van der Waals surface area contributed by atoms with Gasteiger partial charge in [-0.3, -0.25) is 4.79 Å². The van der Waals surface area contributed by atoms with Gasteiger partial charge in [0.25, 0.3) is 0 Å². The molecule has 5 aliphatic rings. The van der Waals surface area contributed by atoms with Crippen LogP contribution in [0.1, 0.15) is 63.9 Å². The van der Waals surface area contributed by atoms with Gasteiger partial charge in [0, 0.05) is 31.1 Å². The SMILES string of the molecule is CC(=O)N1CC2(CCN(CC3CC4CCCC3CC4)CC2)c2cc(F)ccc21. The van der Waals surface area contributed by atoms with Crippen LogP contribution < -0.4 is 4.90 Å². The molecule has 1 aromatic carbocycles. The molecule has 3 nitrogen and oxygen atoms in total. The third-order valence-electron chi connectivity index (χ3n) is 8.40. The number of hydrogen-bond donors (Lipinski definition) is 0. The Bertz CT molecular complexity index is 751. The molecule has 2 heterocycles. The number of benzene rings is 1. The van der Waals surface area contributed by atoms with Crippen molar-refractivity contribution >= 4 is 11.6 Å². The van der Waals surface area contributed by atoms with Crippen molar-refractivity contribution in [2.45, 2.75) is 63.7 Å². The van der Waals surface area contributed by atoms with Crippen molar-refractivity contribution in [3.63, 3.8) is 0 Å². The second-order valence-corrected chi connectivity index (χ2v) is 9.98. The average Bonchev–Trinajstić information content (AvgIpc) is 2.85. The second-order valence-electron chi connectivity index (χ2n) is 9.98. The highest BCUT2D eigenvalue weighted by Gasteiger charge is 2.46. The Hall–Kier alpha value is -1.42. The molecule has 1 saturated heterocycles. The van der Waals surface area contributed by atoms with Crippen LogP contribution in [0.25, 0.3) is 0 Å². The molecule has 2 bridgehead atoms. The van der Waals surface area contributed by atoms with Crippen molar-refractivity contribution in [2.75, 3.05) is 31.1 Å². The zero-order valence-electron chi connectivity index (χ0n) is 17.1. The van der Waals surface area contributed by atoms with Gasteiger partial charge in [-0.2, -0.15) is 0 Å². The number of carbonyl (C=O) groups is 1. The van der Waals surface area contributed by atoms with E-state index in [4.69, 9.17) is 0 Å². The van der Waals surface area contributed by atoms with E-state index in [1.165, 1.54) is 51.1 Å². The van der Waals surface area contributed by atoms with E-state index in [1.807, 2.05) is 4.90 Å². The summed E-state index contributed by atoms with van der Waals surface area (Å²) in [6.07, 6.45) is 10.8. The fourth-order valence-corrected chi connectivity index (χ4v) is 6.80. The number of amides is 1. The van der Waals surface area contributed by atoms with Crippen LogP contribution in [0.15, 0.2) is 18.2 Å². The molecule has 1 amide bonds. The van der Waals surface area contributed by atoms with E-state index in [0.717, 1.165) is 61.5 Å². The molecule has 1 aromatic rings. The molecule has 0 radical (unpaired) electrons. The van der Waals surface area contributed by atoms with Crippen molar-refractivity contribution in [3.05, 3.63) is 29.6 Å². The molecular formula is C24H33FN2O. The number of rotatable bonds is 2. The van der Waals surface area contributed by atoms with Crippen LogP contribution in [0.2, 0.25) is 0 Å². The Kier molecular flexibility index (Phi) is 4.73. The Morgan fingerprint density at radius 1 is 1.18 bits per heavy atom. The first-order valence-corrected chi connectivity index (χ1v) is 11.3. The van der Waals surface area contributed by atoms with Gasteiger partial charge >= 0.3 is 0 Å². The van der Waals surface area contributed by atoms with E-state index in [2.05, 4.69) is 4.90 Å². The van der Waals surface area contributed by atoms with E-state index in [9.17, 15) is 9.18 Å². The summed E-state index contributed by atoms with van der Waals surface area (Å²) >= 11 is 0. The lowest BCUT2D eigenvalue weighted by Crippen LogP contribution is -2.47. The number of halogens is 1. The predicted molar refractivity (Wildman–Crippen MR) is 110 cm³/mol. The first-order chi connectivity index (χ1) is 13.5. The molecule has 3 unspecified atom stereocenters. The normalized spacial score (nSPS) is 31.8. The number of nitrogens with zero attached hydrogens (tertiary/aromatic N) is 2. The quantitative estimate of drug-likeness (QED) is 0.735. The van der Waals surface area contributed by atoms with Gasteiger partial charge in [-0.1, -0.05) is 25.7 Å². The molecule has 3 aliphatic carbocycles. The third kappa shape index (κ3) is 3.18. The van der Waals surface area contributed by atoms with E-state index in [-0.39, 0.29) is 17.1 Å². The first kappa shape index (κ1) is 18.6. The van der Waals surface area contributed by atoms with Crippen LogP contribution in [-0.4, -0.2) is 37.0 Å². The maximum Gasteiger partial charge on any atom is 0.223 e. The molecule has 4 fully saturated rings. The minimum absolute atomic E-state index is 0.0535. The fourth-order valence-electron chi connectivity index (χ4n) is 6.80. The Morgan fingerprint density at radius 2 is 2.00 bits per heavy atom. The molecule has 4 heteroatoms. The van der Waals surface area contributed by atoms with Crippen LogP contribution >= 0.6 is 0 Å². The van der Waals surface area contributed by atoms with Crippen LogP contribution in [0.3, 0.4) is 0 Å². The van der Waals surface area contributed by atoms with Crippen molar-refractivity contribution < 1.29 is 9.18 Å². The molecule has 3 saturated carbocycles. The van der Waals surface area contributed by atoms with Crippen molar-refractivity contribution in [3.8, 4) is 0 Å². The first-order valence-electron chi connectivity index (χ1n) is 11.3. The highest BCUT2D eigenvalue weighted by Crippen LogP contribution is 2.48. The van der Waals surface area contributed by atoms with Crippen molar-refractivity contribution in [1.82, 2.24) is 4.90 Å². The molecular weight excluding hydrogens is 351 g/mol. The summed E-state index contributed by atoms with van der Waals surface area (Å²) < 4.78 is 14.0. The number of piperidine rings is 1. The van der Waals surface area contributed by atoms with Crippen LogP contribution in [0, 0.1) is 23.6 Å². The van der Waals surface area contributed by atoms with Crippen LogP contribution in [0.4, 0.5) is 10.1 Å². The highest BCUT2D eigenvalue weighted by atomic mass is 19.1. The van der Waals surface area contributed by atoms with Gasteiger partial charge in [-0.05, 0) is 80.3 Å². The van der Waals surface area contributed by atoms with E-state index >= 15 is 0 Å². The number of anilines is 1. The van der Waals surface area contributed by atoms with Crippen LogP contribution in [-0.2, 0) is 10.2 Å². The summed E-state index contributed by atoms with van der Waals surface area (Å²) in [5, 5.41) is 0. The molecule has 0 aromatic heterocycles. The van der Waals surface area contributed by atoms with Crippen molar-refractivity contribution in [2.24, 2.45) is 17.8 Å². The molecule has 152 valence electrons. The summed E-state index contributed by atoms with van der Waals surface area (Å²) in [6, 6.07) is 4.98. The molecule has 6 rings (SSSR count). The number of likely N-dealkylation sites (tertiary alicyclic amines) is 1. The molecule has 2 aliphatic heterocycles. The van der Waals surface area contributed by atoms with E-state index in [1.54, 1.807) is 19.1 Å². The average molecular weight is 385 g/mol. The van der Waals surface area contributed by atoms with Gasteiger partial charge in [-0.15, -0.1) is 0 Å². The minimum atomic E-state index is -0.180. The van der Waals surface area contributed by atoms with Crippen molar-refractivity contribution in [1.29, 1.82) is 0 Å². The lowest BCUT2D eigenvalue weighted by atomic mass is 9.72. The second kappa shape index (κ2) is 7.12. The number of hydrogen-bond acceptors (Lipinski definition) is 2. The zero-order chi connectivity index (χ0) is 19.3. The molecule has 28 heavy (non-hydrogen) atoms. The Labute approximate surface area is 168 Å². The lowest BCUT2D eigenvalue weighted by Gasteiger charge is -2.43. The van der Waals surface area contributed by atoms with Crippen LogP contribution in [0.5, 0.6) is 0 Å². The summed E-state index contributed by atoms with van der Waals surface area (Å²) in [7, 11) is 0. The summed E-state index contributed by atoms with van der Waals surface area (Å²) in [5.74, 6) is 2.71. The highest BCUT2D eigenvalue weighted by molar-refractivity contribution is 5.94. The smallest absolute Gasteiger partial charge is 0.223 e. The monoisotopic (exact) mass is 384 g/mol. The number of fused-ring (bicyclic) bond motifs is 6. The van der Waals surface area contributed by atoms with Gasteiger partial charge < -0.3 is 9.80 Å². The summed E-state index contributed by atoms with van der Waals surface area (Å²) in [5.41, 5.74) is 1.95. The van der Waals surface area contributed by atoms with Gasteiger partial charge in [0.1, 0.15) is 5.82 Å². The summed E-state index contributed by atoms with van der Waals surface area (Å²) in [6.45, 7) is 5.76.